The average molecular weight is 396 g/mol. The van der Waals surface area contributed by atoms with Gasteiger partial charge < -0.3 is 15.0 Å². The average Bonchev–Trinajstić information content (AvgIpc) is 2.73. The molecule has 1 aliphatic rings. The Morgan fingerprint density at radius 1 is 1.14 bits per heavy atom. The molecule has 0 saturated carbocycles. The van der Waals surface area contributed by atoms with Crippen LogP contribution in [0.3, 0.4) is 0 Å². The van der Waals surface area contributed by atoms with Gasteiger partial charge in [-0.2, -0.15) is 0 Å². The van der Waals surface area contributed by atoms with E-state index in [1.54, 1.807) is 31.4 Å². The van der Waals surface area contributed by atoms with E-state index >= 15 is 0 Å². The Morgan fingerprint density at radius 3 is 2.55 bits per heavy atom. The number of ether oxygens (including phenoxy) is 1. The molecule has 0 spiro atoms. The van der Waals surface area contributed by atoms with Crippen molar-refractivity contribution in [3.05, 3.63) is 54.1 Å². The summed E-state index contributed by atoms with van der Waals surface area (Å²) in [5, 5.41) is 2.87. The predicted molar refractivity (Wildman–Crippen MR) is 115 cm³/mol. The van der Waals surface area contributed by atoms with Gasteiger partial charge in [-0.1, -0.05) is 25.1 Å². The van der Waals surface area contributed by atoms with Gasteiger partial charge in [-0.25, -0.2) is 0 Å². The molecule has 2 aromatic rings. The molecule has 29 heavy (non-hydrogen) atoms. The fourth-order valence-corrected chi connectivity index (χ4v) is 3.69. The van der Waals surface area contributed by atoms with Gasteiger partial charge in [0.15, 0.2) is 0 Å². The number of rotatable bonds is 7. The molecule has 1 aliphatic heterocycles. The number of aryl methyl sites for hydroxylation is 1. The van der Waals surface area contributed by atoms with Gasteiger partial charge in [0.2, 0.25) is 11.8 Å². The van der Waals surface area contributed by atoms with Crippen molar-refractivity contribution in [1.82, 2.24) is 4.90 Å². The summed E-state index contributed by atoms with van der Waals surface area (Å²) in [4.78, 5) is 29.3. The van der Waals surface area contributed by atoms with Gasteiger partial charge in [0, 0.05) is 17.4 Å². The summed E-state index contributed by atoms with van der Waals surface area (Å²) < 4.78 is 5.13. The van der Waals surface area contributed by atoms with Crippen molar-refractivity contribution < 1.29 is 14.3 Å². The SMILES string of the molecule is CCN(CC(=O)Nc1ccc(OC)cc1)CC(=O)N1c2ccccc2CCC1C. The highest BCUT2D eigenvalue weighted by molar-refractivity contribution is 5.97. The highest BCUT2D eigenvalue weighted by Crippen LogP contribution is 2.30. The Morgan fingerprint density at radius 2 is 1.86 bits per heavy atom. The van der Waals surface area contributed by atoms with E-state index in [1.807, 2.05) is 34.9 Å². The highest BCUT2D eigenvalue weighted by Gasteiger charge is 2.29. The topological polar surface area (TPSA) is 61.9 Å². The fourth-order valence-electron chi connectivity index (χ4n) is 3.69. The molecule has 0 aromatic heterocycles. The second kappa shape index (κ2) is 9.56. The third kappa shape index (κ3) is 5.15. The van der Waals surface area contributed by atoms with Crippen LogP contribution in [0.5, 0.6) is 5.75 Å². The molecule has 154 valence electrons. The van der Waals surface area contributed by atoms with Crippen LogP contribution >= 0.6 is 0 Å². The molecule has 0 aliphatic carbocycles. The quantitative estimate of drug-likeness (QED) is 0.781. The Balaban J connectivity index is 1.61. The lowest BCUT2D eigenvalue weighted by Crippen LogP contribution is -2.48. The van der Waals surface area contributed by atoms with Crippen LogP contribution in [0, 0.1) is 0 Å². The third-order valence-corrected chi connectivity index (χ3v) is 5.34. The molecule has 1 unspecified atom stereocenters. The van der Waals surface area contributed by atoms with Crippen molar-refractivity contribution in [2.24, 2.45) is 0 Å². The number of likely N-dealkylation sites (N-methyl/N-ethyl adjacent to an activating group) is 1. The van der Waals surface area contributed by atoms with Gasteiger partial charge in [0.05, 0.1) is 20.2 Å². The minimum absolute atomic E-state index is 0.0312. The molecule has 0 fully saturated rings. The predicted octanol–water partition coefficient (Wildman–Crippen LogP) is 3.32. The van der Waals surface area contributed by atoms with Crippen molar-refractivity contribution in [1.29, 1.82) is 0 Å². The van der Waals surface area contributed by atoms with Crippen LogP contribution in [0.4, 0.5) is 11.4 Å². The molecule has 0 saturated heterocycles. The number of fused-ring (bicyclic) bond motifs is 1. The number of carbonyl (C=O) groups is 2. The lowest BCUT2D eigenvalue weighted by Gasteiger charge is -2.36. The number of hydrogen-bond donors (Lipinski definition) is 1. The Kier molecular flexibility index (Phi) is 6.88. The number of nitrogens with zero attached hydrogens (tertiary/aromatic N) is 2. The molecule has 1 atom stereocenters. The van der Waals surface area contributed by atoms with E-state index in [-0.39, 0.29) is 30.9 Å². The van der Waals surface area contributed by atoms with E-state index in [2.05, 4.69) is 18.3 Å². The first-order valence-electron chi connectivity index (χ1n) is 10.1. The molecule has 0 bridgehead atoms. The molecule has 2 amide bonds. The highest BCUT2D eigenvalue weighted by atomic mass is 16.5. The Labute approximate surface area is 172 Å². The summed E-state index contributed by atoms with van der Waals surface area (Å²) in [5.41, 5.74) is 2.91. The van der Waals surface area contributed by atoms with Crippen molar-refractivity contribution in [3.63, 3.8) is 0 Å². The van der Waals surface area contributed by atoms with Gasteiger partial charge in [0.1, 0.15) is 5.75 Å². The number of amides is 2. The normalized spacial score (nSPS) is 15.7. The van der Waals surface area contributed by atoms with E-state index in [4.69, 9.17) is 4.74 Å². The van der Waals surface area contributed by atoms with Crippen molar-refractivity contribution in [2.75, 3.05) is 37.0 Å². The van der Waals surface area contributed by atoms with Crippen LogP contribution in [0.25, 0.3) is 0 Å². The number of carbonyl (C=O) groups excluding carboxylic acids is 2. The van der Waals surface area contributed by atoms with E-state index in [1.165, 1.54) is 5.56 Å². The van der Waals surface area contributed by atoms with Gasteiger partial charge in [-0.05, 0) is 62.2 Å². The minimum atomic E-state index is -0.142. The van der Waals surface area contributed by atoms with Crippen molar-refractivity contribution in [2.45, 2.75) is 32.7 Å². The van der Waals surface area contributed by atoms with Gasteiger partial charge in [-0.3, -0.25) is 14.5 Å². The second-order valence-electron chi connectivity index (χ2n) is 7.36. The van der Waals surface area contributed by atoms with Crippen molar-refractivity contribution >= 4 is 23.2 Å². The maximum Gasteiger partial charge on any atom is 0.241 e. The van der Waals surface area contributed by atoms with Gasteiger partial charge >= 0.3 is 0 Å². The summed E-state index contributed by atoms with van der Waals surface area (Å²) >= 11 is 0. The van der Waals surface area contributed by atoms with Gasteiger partial charge in [0.25, 0.3) is 0 Å². The number of para-hydroxylation sites is 1. The number of benzene rings is 2. The summed E-state index contributed by atoms with van der Waals surface area (Å²) in [6, 6.07) is 15.4. The first-order valence-corrected chi connectivity index (χ1v) is 10.1. The van der Waals surface area contributed by atoms with Crippen LogP contribution in [0.1, 0.15) is 25.8 Å². The minimum Gasteiger partial charge on any atom is -0.497 e. The maximum atomic E-state index is 13.1. The zero-order valence-corrected chi connectivity index (χ0v) is 17.4. The molecule has 6 nitrogen and oxygen atoms in total. The van der Waals surface area contributed by atoms with Crippen LogP contribution in [-0.4, -0.2) is 49.5 Å². The number of nitrogens with one attached hydrogen (secondary N) is 1. The molecule has 1 heterocycles. The van der Waals surface area contributed by atoms with Crippen LogP contribution in [0.2, 0.25) is 0 Å². The molecule has 3 rings (SSSR count). The molecular formula is C23H29N3O3. The number of methoxy groups -OCH3 is 1. The zero-order chi connectivity index (χ0) is 20.8. The maximum absolute atomic E-state index is 13.1. The monoisotopic (exact) mass is 395 g/mol. The largest absolute Gasteiger partial charge is 0.497 e. The molecule has 6 heteroatoms. The van der Waals surface area contributed by atoms with Crippen LogP contribution in [0.15, 0.2) is 48.5 Å². The summed E-state index contributed by atoms with van der Waals surface area (Å²) in [5.74, 6) is 0.625. The molecule has 1 N–H and O–H groups in total. The zero-order valence-electron chi connectivity index (χ0n) is 17.4. The smallest absolute Gasteiger partial charge is 0.241 e. The first-order chi connectivity index (χ1) is 14.0. The molecular weight excluding hydrogens is 366 g/mol. The molecule has 0 radical (unpaired) electrons. The Hall–Kier alpha value is -2.86. The lowest BCUT2D eigenvalue weighted by molar-refractivity contribution is -0.121. The first kappa shape index (κ1) is 20.9. The summed E-state index contributed by atoms with van der Waals surface area (Å²) in [7, 11) is 1.60. The third-order valence-electron chi connectivity index (χ3n) is 5.34. The lowest BCUT2D eigenvalue weighted by atomic mass is 9.96. The van der Waals surface area contributed by atoms with Crippen LogP contribution < -0.4 is 15.0 Å². The van der Waals surface area contributed by atoms with E-state index in [9.17, 15) is 9.59 Å². The van der Waals surface area contributed by atoms with Crippen LogP contribution in [-0.2, 0) is 16.0 Å². The Bertz CT molecular complexity index is 851. The number of hydrogen-bond acceptors (Lipinski definition) is 4. The fraction of sp³-hybridized carbons (Fsp3) is 0.391. The second-order valence-corrected chi connectivity index (χ2v) is 7.36. The van der Waals surface area contributed by atoms with Crippen molar-refractivity contribution in [3.8, 4) is 5.75 Å². The summed E-state index contributed by atoms with van der Waals surface area (Å²) in [6.45, 7) is 5.04. The van der Waals surface area contributed by atoms with E-state index < -0.39 is 0 Å². The summed E-state index contributed by atoms with van der Waals surface area (Å²) in [6.07, 6.45) is 1.94. The molecule has 2 aromatic carbocycles. The van der Waals surface area contributed by atoms with Gasteiger partial charge in [-0.15, -0.1) is 0 Å². The number of anilines is 2. The standard InChI is InChI=1S/C23H29N3O3/c1-4-25(15-22(27)24-19-11-13-20(29-3)14-12-19)16-23(28)26-17(2)9-10-18-7-5-6-8-21(18)26/h5-8,11-14,17H,4,9-10,15-16H2,1-3H3,(H,24,27). The van der Waals surface area contributed by atoms with E-state index in [0.29, 0.717) is 12.2 Å². The van der Waals surface area contributed by atoms with E-state index in [0.717, 1.165) is 24.3 Å².